The average molecular weight is 201 g/mol. The number of hydrogen-bond donors (Lipinski definition) is 0. The van der Waals surface area contributed by atoms with Gasteiger partial charge in [0.05, 0.1) is 0 Å². The van der Waals surface area contributed by atoms with E-state index in [2.05, 4.69) is 13.8 Å². The predicted molar refractivity (Wildman–Crippen MR) is 58.2 cm³/mol. The van der Waals surface area contributed by atoms with Crippen molar-refractivity contribution in [2.75, 3.05) is 20.6 Å². The van der Waals surface area contributed by atoms with Gasteiger partial charge in [-0.2, -0.15) is 0 Å². The summed E-state index contributed by atoms with van der Waals surface area (Å²) in [5.74, 6) is 0.486. The third-order valence-electron chi connectivity index (χ3n) is 1.88. The lowest BCUT2D eigenvalue weighted by atomic mass is 10.1. The first-order valence-electron chi connectivity index (χ1n) is 5.26. The molecule has 0 aliphatic rings. The quantitative estimate of drug-likeness (QED) is 0.615. The number of ether oxygens (including phenoxy) is 1. The van der Waals surface area contributed by atoms with Crippen molar-refractivity contribution in [3.05, 3.63) is 0 Å². The van der Waals surface area contributed by atoms with Gasteiger partial charge in [-0.3, -0.25) is 4.79 Å². The monoisotopic (exact) mass is 201 g/mol. The topological polar surface area (TPSA) is 29.5 Å². The highest BCUT2D eigenvalue weighted by atomic mass is 16.5. The number of rotatable bonds is 6. The van der Waals surface area contributed by atoms with Gasteiger partial charge in [-0.25, -0.2) is 0 Å². The molecule has 0 aliphatic carbocycles. The Labute approximate surface area is 87.4 Å². The maximum atomic E-state index is 11.3. The fraction of sp³-hybridized carbons (Fsp3) is 0.909. The molecule has 0 aromatic heterocycles. The SMILES string of the molecule is CC(C)CCC(=O)OC(C)CN(C)C. The highest BCUT2D eigenvalue weighted by molar-refractivity contribution is 5.69. The van der Waals surface area contributed by atoms with Crippen LogP contribution in [0.5, 0.6) is 0 Å². The lowest BCUT2D eigenvalue weighted by molar-refractivity contribution is -0.149. The molecule has 0 rings (SSSR count). The molecular weight excluding hydrogens is 178 g/mol. The second-order valence-electron chi connectivity index (χ2n) is 4.50. The maximum absolute atomic E-state index is 11.3. The molecule has 0 saturated carbocycles. The van der Waals surface area contributed by atoms with Crippen LogP contribution in [-0.4, -0.2) is 37.6 Å². The van der Waals surface area contributed by atoms with E-state index in [1.165, 1.54) is 0 Å². The van der Waals surface area contributed by atoms with E-state index in [9.17, 15) is 4.79 Å². The van der Waals surface area contributed by atoms with Crippen LogP contribution >= 0.6 is 0 Å². The zero-order chi connectivity index (χ0) is 11.1. The van der Waals surface area contributed by atoms with Crippen molar-refractivity contribution in [2.24, 2.45) is 5.92 Å². The van der Waals surface area contributed by atoms with Crippen molar-refractivity contribution in [3.8, 4) is 0 Å². The van der Waals surface area contributed by atoms with E-state index in [-0.39, 0.29) is 12.1 Å². The first kappa shape index (κ1) is 13.4. The van der Waals surface area contributed by atoms with Crippen molar-refractivity contribution >= 4 is 5.97 Å². The Bertz CT molecular complexity index is 167. The van der Waals surface area contributed by atoms with Gasteiger partial charge >= 0.3 is 5.97 Å². The zero-order valence-corrected chi connectivity index (χ0v) is 10.0. The van der Waals surface area contributed by atoms with Gasteiger partial charge in [-0.05, 0) is 33.4 Å². The van der Waals surface area contributed by atoms with Gasteiger partial charge in [0.15, 0.2) is 0 Å². The first-order valence-corrected chi connectivity index (χ1v) is 5.26. The van der Waals surface area contributed by atoms with E-state index in [0.29, 0.717) is 12.3 Å². The van der Waals surface area contributed by atoms with Gasteiger partial charge in [0.25, 0.3) is 0 Å². The lowest BCUT2D eigenvalue weighted by Crippen LogP contribution is -2.28. The second-order valence-corrected chi connectivity index (χ2v) is 4.50. The number of nitrogens with zero attached hydrogens (tertiary/aromatic N) is 1. The lowest BCUT2D eigenvalue weighted by Gasteiger charge is -2.17. The smallest absolute Gasteiger partial charge is 0.306 e. The van der Waals surface area contributed by atoms with Crippen LogP contribution in [0.2, 0.25) is 0 Å². The first-order chi connectivity index (χ1) is 6.41. The standard InChI is InChI=1S/C11H23NO2/c1-9(2)6-7-11(13)14-10(3)8-12(4)5/h9-10H,6-8H2,1-5H3. The van der Waals surface area contributed by atoms with Crippen molar-refractivity contribution in [3.63, 3.8) is 0 Å². The van der Waals surface area contributed by atoms with E-state index in [4.69, 9.17) is 4.74 Å². The van der Waals surface area contributed by atoms with Gasteiger partial charge in [0.1, 0.15) is 6.10 Å². The summed E-state index contributed by atoms with van der Waals surface area (Å²) in [6.07, 6.45) is 1.44. The Morgan fingerprint density at radius 2 is 1.86 bits per heavy atom. The average Bonchev–Trinajstić information content (AvgIpc) is 1.98. The Balaban J connectivity index is 3.60. The van der Waals surface area contributed by atoms with Gasteiger partial charge in [0, 0.05) is 13.0 Å². The molecule has 84 valence electrons. The summed E-state index contributed by atoms with van der Waals surface area (Å²) in [7, 11) is 3.94. The number of hydrogen-bond acceptors (Lipinski definition) is 3. The number of esters is 1. The maximum Gasteiger partial charge on any atom is 0.306 e. The molecule has 14 heavy (non-hydrogen) atoms. The molecule has 1 unspecified atom stereocenters. The van der Waals surface area contributed by atoms with Crippen LogP contribution in [0.25, 0.3) is 0 Å². The molecule has 0 fully saturated rings. The summed E-state index contributed by atoms with van der Waals surface area (Å²) < 4.78 is 5.23. The zero-order valence-electron chi connectivity index (χ0n) is 10.0. The van der Waals surface area contributed by atoms with Crippen LogP contribution in [-0.2, 0) is 9.53 Å². The molecule has 0 radical (unpaired) electrons. The Morgan fingerprint density at radius 3 is 2.29 bits per heavy atom. The van der Waals surface area contributed by atoms with E-state index in [1.807, 2.05) is 25.9 Å². The molecule has 0 aromatic carbocycles. The molecular formula is C11H23NO2. The summed E-state index contributed by atoms with van der Waals surface area (Å²) in [5, 5.41) is 0. The molecule has 0 N–H and O–H groups in total. The van der Waals surface area contributed by atoms with Gasteiger partial charge < -0.3 is 9.64 Å². The van der Waals surface area contributed by atoms with E-state index >= 15 is 0 Å². The number of carbonyl (C=O) groups excluding carboxylic acids is 1. The Morgan fingerprint density at radius 1 is 1.29 bits per heavy atom. The van der Waals surface area contributed by atoms with E-state index in [1.54, 1.807) is 0 Å². The van der Waals surface area contributed by atoms with Gasteiger partial charge in [-0.15, -0.1) is 0 Å². The fourth-order valence-corrected chi connectivity index (χ4v) is 1.24. The predicted octanol–water partition coefficient (Wildman–Crippen LogP) is 1.92. The summed E-state index contributed by atoms with van der Waals surface area (Å²) >= 11 is 0. The van der Waals surface area contributed by atoms with Crippen molar-refractivity contribution in [1.29, 1.82) is 0 Å². The van der Waals surface area contributed by atoms with E-state index in [0.717, 1.165) is 13.0 Å². The second kappa shape index (κ2) is 6.82. The fourth-order valence-electron chi connectivity index (χ4n) is 1.24. The third kappa shape index (κ3) is 8.05. The van der Waals surface area contributed by atoms with Crippen molar-refractivity contribution in [2.45, 2.75) is 39.7 Å². The van der Waals surface area contributed by atoms with E-state index < -0.39 is 0 Å². The minimum Gasteiger partial charge on any atom is -0.461 e. The van der Waals surface area contributed by atoms with Crippen LogP contribution in [0.1, 0.15) is 33.6 Å². The minimum atomic E-state index is -0.0759. The molecule has 0 saturated heterocycles. The Kier molecular flexibility index (Phi) is 6.54. The van der Waals surface area contributed by atoms with Crippen LogP contribution < -0.4 is 0 Å². The van der Waals surface area contributed by atoms with Crippen molar-refractivity contribution in [1.82, 2.24) is 4.90 Å². The molecule has 0 bridgehead atoms. The molecule has 0 amide bonds. The Hall–Kier alpha value is -0.570. The molecule has 0 aromatic rings. The summed E-state index contributed by atoms with van der Waals surface area (Å²) in [5.41, 5.74) is 0. The van der Waals surface area contributed by atoms with Crippen LogP contribution in [0.15, 0.2) is 0 Å². The molecule has 0 heterocycles. The molecule has 3 heteroatoms. The van der Waals surface area contributed by atoms with Crippen LogP contribution in [0.3, 0.4) is 0 Å². The summed E-state index contributed by atoms with van der Waals surface area (Å²) in [6, 6.07) is 0. The largest absolute Gasteiger partial charge is 0.461 e. The molecule has 3 nitrogen and oxygen atoms in total. The van der Waals surface area contributed by atoms with Gasteiger partial charge in [-0.1, -0.05) is 13.8 Å². The van der Waals surface area contributed by atoms with Crippen molar-refractivity contribution < 1.29 is 9.53 Å². The highest BCUT2D eigenvalue weighted by Gasteiger charge is 2.10. The third-order valence-corrected chi connectivity index (χ3v) is 1.88. The molecule has 1 atom stereocenters. The molecule has 0 aliphatic heterocycles. The van der Waals surface area contributed by atoms with Gasteiger partial charge in [0.2, 0.25) is 0 Å². The summed E-state index contributed by atoms with van der Waals surface area (Å²) in [4.78, 5) is 13.3. The minimum absolute atomic E-state index is 0.00957. The van der Waals surface area contributed by atoms with Crippen LogP contribution in [0.4, 0.5) is 0 Å². The molecule has 0 spiro atoms. The normalized spacial score (nSPS) is 13.4. The summed E-state index contributed by atoms with van der Waals surface area (Å²) in [6.45, 7) is 6.92. The number of carbonyl (C=O) groups is 1. The highest BCUT2D eigenvalue weighted by Crippen LogP contribution is 2.05. The van der Waals surface area contributed by atoms with Crippen LogP contribution in [0, 0.1) is 5.92 Å². The number of likely N-dealkylation sites (N-methyl/N-ethyl adjacent to an activating group) is 1.